The number of nitrogens with zero attached hydrogens (tertiary/aromatic N) is 2. The van der Waals surface area contributed by atoms with Crippen molar-refractivity contribution < 1.29 is 17.6 Å². The Morgan fingerprint density at radius 3 is 2.68 bits per heavy atom. The number of imidazole rings is 1. The highest BCUT2D eigenvalue weighted by Crippen LogP contribution is 2.25. The molecular formula is C15H16ClFN4O3S. The smallest absolute Gasteiger partial charge is 0.260 e. The number of halogens is 2. The van der Waals surface area contributed by atoms with Crippen LogP contribution in [0.4, 0.5) is 10.1 Å². The highest BCUT2D eigenvalue weighted by molar-refractivity contribution is 7.89. The van der Waals surface area contributed by atoms with Crippen LogP contribution in [0, 0.1) is 11.7 Å². The van der Waals surface area contributed by atoms with Crippen molar-refractivity contribution in [3.05, 3.63) is 41.6 Å². The van der Waals surface area contributed by atoms with Gasteiger partial charge in [-0.2, -0.15) is 4.31 Å². The molecule has 2 aromatic rings. The number of anilines is 1. The van der Waals surface area contributed by atoms with E-state index in [1.807, 2.05) is 0 Å². The van der Waals surface area contributed by atoms with Gasteiger partial charge in [0.1, 0.15) is 5.82 Å². The SMILES string of the molecule is O=C(Nc1ccc(F)c(Cl)c1)C1CCN(S(=O)(=O)c2cnc[nH]2)CC1. The van der Waals surface area contributed by atoms with E-state index in [-0.39, 0.29) is 35.0 Å². The van der Waals surface area contributed by atoms with Crippen LogP contribution >= 0.6 is 11.6 Å². The van der Waals surface area contributed by atoms with Gasteiger partial charge in [0.15, 0.2) is 5.03 Å². The maximum atomic E-state index is 13.1. The van der Waals surface area contributed by atoms with Gasteiger partial charge in [-0.3, -0.25) is 4.79 Å². The molecule has 2 N–H and O–H groups in total. The third kappa shape index (κ3) is 3.83. The fourth-order valence-electron chi connectivity index (χ4n) is 2.70. The topological polar surface area (TPSA) is 95.2 Å². The lowest BCUT2D eigenvalue weighted by Gasteiger charge is -2.30. The predicted molar refractivity (Wildman–Crippen MR) is 90.1 cm³/mol. The molecule has 0 spiro atoms. The first-order valence-corrected chi connectivity index (χ1v) is 9.44. The highest BCUT2D eigenvalue weighted by Gasteiger charge is 2.32. The maximum absolute atomic E-state index is 13.1. The molecule has 1 aromatic heterocycles. The zero-order chi connectivity index (χ0) is 18.0. The van der Waals surface area contributed by atoms with Crippen LogP contribution in [0.15, 0.2) is 35.7 Å². The van der Waals surface area contributed by atoms with E-state index in [9.17, 15) is 17.6 Å². The van der Waals surface area contributed by atoms with Gasteiger partial charge in [-0.25, -0.2) is 17.8 Å². The summed E-state index contributed by atoms with van der Waals surface area (Å²) in [6.07, 6.45) is 3.36. The summed E-state index contributed by atoms with van der Waals surface area (Å²) in [7, 11) is -3.61. The largest absolute Gasteiger partial charge is 0.335 e. The van der Waals surface area contributed by atoms with Gasteiger partial charge in [-0.05, 0) is 31.0 Å². The molecule has 1 aliphatic heterocycles. The number of rotatable bonds is 4. The number of aromatic nitrogens is 2. The quantitative estimate of drug-likeness (QED) is 0.842. The highest BCUT2D eigenvalue weighted by atomic mass is 35.5. The summed E-state index contributed by atoms with van der Waals surface area (Å²) in [6.45, 7) is 0.479. The Labute approximate surface area is 149 Å². The van der Waals surface area contributed by atoms with Crippen LogP contribution in [-0.4, -0.2) is 41.7 Å². The van der Waals surface area contributed by atoms with Gasteiger partial charge < -0.3 is 10.3 Å². The molecule has 0 atom stereocenters. The van der Waals surface area contributed by atoms with E-state index in [1.54, 1.807) is 0 Å². The first-order chi connectivity index (χ1) is 11.9. The van der Waals surface area contributed by atoms with Crippen LogP contribution in [0.3, 0.4) is 0 Å². The van der Waals surface area contributed by atoms with Crippen LogP contribution < -0.4 is 5.32 Å². The lowest BCUT2D eigenvalue weighted by molar-refractivity contribution is -0.120. The van der Waals surface area contributed by atoms with Crippen molar-refractivity contribution >= 4 is 33.2 Å². The van der Waals surface area contributed by atoms with Crippen LogP contribution in [0.5, 0.6) is 0 Å². The van der Waals surface area contributed by atoms with E-state index in [1.165, 1.54) is 35.0 Å². The number of piperidine rings is 1. The molecule has 7 nitrogen and oxygen atoms in total. The van der Waals surface area contributed by atoms with Crippen LogP contribution in [0.25, 0.3) is 0 Å². The van der Waals surface area contributed by atoms with E-state index < -0.39 is 15.8 Å². The number of amides is 1. The Morgan fingerprint density at radius 1 is 1.36 bits per heavy atom. The number of aromatic amines is 1. The number of hydrogen-bond donors (Lipinski definition) is 2. The zero-order valence-electron chi connectivity index (χ0n) is 13.1. The van der Waals surface area contributed by atoms with Gasteiger partial charge in [0, 0.05) is 24.7 Å². The van der Waals surface area contributed by atoms with E-state index >= 15 is 0 Å². The average Bonchev–Trinajstić information content (AvgIpc) is 3.14. The molecule has 0 unspecified atom stereocenters. The second-order valence-electron chi connectivity index (χ2n) is 5.71. The molecule has 10 heteroatoms. The standard InChI is InChI=1S/C15H16ClFN4O3S/c16-12-7-11(1-2-13(12)17)20-15(22)10-3-5-21(6-4-10)25(23,24)14-8-18-9-19-14/h1-2,7-10H,3-6H2,(H,18,19)(H,20,22). The van der Waals surface area contributed by atoms with Gasteiger partial charge in [-0.1, -0.05) is 11.6 Å². The molecule has 134 valence electrons. The van der Waals surface area contributed by atoms with Crippen molar-refractivity contribution in [3.8, 4) is 0 Å². The van der Waals surface area contributed by atoms with E-state index in [0.29, 0.717) is 18.5 Å². The predicted octanol–water partition coefficient (Wildman–Crippen LogP) is 2.24. The Balaban J connectivity index is 1.60. The molecule has 0 aliphatic carbocycles. The number of carbonyl (C=O) groups excluding carboxylic acids is 1. The van der Waals surface area contributed by atoms with Crippen molar-refractivity contribution in [2.24, 2.45) is 5.92 Å². The van der Waals surface area contributed by atoms with Crippen molar-refractivity contribution in [1.82, 2.24) is 14.3 Å². The lowest BCUT2D eigenvalue weighted by Crippen LogP contribution is -2.41. The van der Waals surface area contributed by atoms with Gasteiger partial charge in [-0.15, -0.1) is 0 Å². The molecule has 3 rings (SSSR count). The third-order valence-electron chi connectivity index (χ3n) is 4.10. The number of carbonyl (C=O) groups is 1. The number of H-pyrrole nitrogens is 1. The minimum absolute atomic E-state index is 0.0383. The second kappa shape index (κ2) is 7.11. The molecule has 0 radical (unpaired) electrons. The molecule has 2 heterocycles. The summed E-state index contributed by atoms with van der Waals surface area (Å²) in [4.78, 5) is 18.6. The molecule has 1 saturated heterocycles. The number of sulfonamides is 1. The van der Waals surface area contributed by atoms with Crippen LogP contribution in [-0.2, 0) is 14.8 Å². The van der Waals surface area contributed by atoms with Crippen molar-refractivity contribution in [3.63, 3.8) is 0 Å². The van der Waals surface area contributed by atoms with Gasteiger partial charge in [0.2, 0.25) is 5.91 Å². The number of hydrogen-bond acceptors (Lipinski definition) is 4. The third-order valence-corrected chi connectivity index (χ3v) is 6.22. The summed E-state index contributed by atoms with van der Waals surface area (Å²) in [5, 5.41) is 2.65. The lowest BCUT2D eigenvalue weighted by atomic mass is 9.97. The number of benzene rings is 1. The Morgan fingerprint density at radius 2 is 2.08 bits per heavy atom. The monoisotopic (exact) mass is 386 g/mol. The molecule has 0 saturated carbocycles. The van der Waals surface area contributed by atoms with Crippen LogP contribution in [0.2, 0.25) is 5.02 Å². The molecule has 1 aliphatic rings. The normalized spacial score (nSPS) is 16.7. The summed E-state index contributed by atoms with van der Waals surface area (Å²) in [5.74, 6) is -1.12. The van der Waals surface area contributed by atoms with E-state index in [0.717, 1.165) is 0 Å². The van der Waals surface area contributed by atoms with Gasteiger partial charge in [0.25, 0.3) is 10.0 Å². The molecule has 0 bridgehead atoms. The Kier molecular flexibility index (Phi) is 5.07. The number of nitrogens with one attached hydrogen (secondary N) is 2. The van der Waals surface area contributed by atoms with E-state index in [4.69, 9.17) is 11.6 Å². The van der Waals surface area contributed by atoms with Crippen molar-refractivity contribution in [2.45, 2.75) is 17.9 Å². The summed E-state index contributed by atoms with van der Waals surface area (Å²) in [5.41, 5.74) is 0.406. The molecule has 1 amide bonds. The first kappa shape index (κ1) is 17.8. The minimum atomic E-state index is -3.61. The molecular weight excluding hydrogens is 371 g/mol. The van der Waals surface area contributed by atoms with Gasteiger partial charge >= 0.3 is 0 Å². The fraction of sp³-hybridized carbons (Fsp3) is 0.333. The van der Waals surface area contributed by atoms with Gasteiger partial charge in [0.05, 0.1) is 17.5 Å². The minimum Gasteiger partial charge on any atom is -0.335 e. The maximum Gasteiger partial charge on any atom is 0.260 e. The Hall–Kier alpha value is -1.97. The van der Waals surface area contributed by atoms with E-state index in [2.05, 4.69) is 15.3 Å². The summed E-state index contributed by atoms with van der Waals surface area (Å²) in [6, 6.07) is 3.95. The summed E-state index contributed by atoms with van der Waals surface area (Å²) >= 11 is 5.69. The average molecular weight is 387 g/mol. The fourth-order valence-corrected chi connectivity index (χ4v) is 4.25. The van der Waals surface area contributed by atoms with Crippen molar-refractivity contribution in [2.75, 3.05) is 18.4 Å². The summed E-state index contributed by atoms with van der Waals surface area (Å²) < 4.78 is 39.3. The van der Waals surface area contributed by atoms with Crippen molar-refractivity contribution in [1.29, 1.82) is 0 Å². The second-order valence-corrected chi connectivity index (χ2v) is 8.03. The Bertz CT molecular complexity index is 865. The van der Waals surface area contributed by atoms with Crippen LogP contribution in [0.1, 0.15) is 12.8 Å². The molecule has 1 fully saturated rings. The zero-order valence-corrected chi connectivity index (χ0v) is 14.6. The molecule has 25 heavy (non-hydrogen) atoms. The first-order valence-electron chi connectivity index (χ1n) is 7.62. The molecule has 1 aromatic carbocycles.